The van der Waals surface area contributed by atoms with Gasteiger partial charge in [-0.15, -0.1) is 0 Å². The zero-order valence-corrected chi connectivity index (χ0v) is 27.8. The van der Waals surface area contributed by atoms with Crippen molar-refractivity contribution in [2.45, 2.75) is 103 Å². The van der Waals surface area contributed by atoms with E-state index in [0.717, 1.165) is 64.8 Å². The molecule has 2 aromatic rings. The number of fused-ring (bicyclic) bond motifs is 1. The van der Waals surface area contributed by atoms with Crippen molar-refractivity contribution in [1.82, 2.24) is 4.90 Å². The number of aliphatic hydroxyl groups excluding tert-OH is 3. The normalized spacial score (nSPS) is 16.1. The Morgan fingerprint density at radius 3 is 2.57 bits per heavy atom. The van der Waals surface area contributed by atoms with Gasteiger partial charge in [0.05, 0.1) is 30.7 Å². The van der Waals surface area contributed by atoms with Crippen molar-refractivity contribution in [3.63, 3.8) is 0 Å². The second kappa shape index (κ2) is 17.6. The molecule has 47 heavy (non-hydrogen) atoms. The van der Waals surface area contributed by atoms with Gasteiger partial charge in [0.2, 0.25) is 0 Å². The van der Waals surface area contributed by atoms with Gasteiger partial charge >= 0.3 is 0 Å². The Morgan fingerprint density at radius 2 is 1.85 bits per heavy atom. The van der Waals surface area contributed by atoms with E-state index >= 15 is 0 Å². The minimum Gasteiger partial charge on any atom is -0.504 e. The summed E-state index contributed by atoms with van der Waals surface area (Å²) in [7, 11) is 0. The van der Waals surface area contributed by atoms with Gasteiger partial charge in [-0.25, -0.2) is 0 Å². The molecule has 10 heteroatoms. The highest BCUT2D eigenvalue weighted by Gasteiger charge is 2.28. The first-order valence-corrected chi connectivity index (χ1v) is 16.9. The number of phenols is 1. The Bertz CT molecular complexity index is 1450. The smallest absolute Gasteiger partial charge is 0.163 e. The number of hydrogen-bond acceptors (Lipinski definition) is 10. The van der Waals surface area contributed by atoms with Crippen molar-refractivity contribution in [2.75, 3.05) is 13.3 Å². The lowest BCUT2D eigenvalue weighted by molar-refractivity contribution is -0.127. The number of nitrogens with two attached hydrogens (primary N) is 2. The van der Waals surface area contributed by atoms with Crippen LogP contribution in [-0.4, -0.2) is 62.8 Å². The Kier molecular flexibility index (Phi) is 13.6. The summed E-state index contributed by atoms with van der Waals surface area (Å²) in [5.74, 6) is -0.163. The van der Waals surface area contributed by atoms with Gasteiger partial charge in [0.1, 0.15) is 5.78 Å². The molecule has 0 amide bonds. The van der Waals surface area contributed by atoms with Crippen LogP contribution in [0, 0.1) is 5.92 Å². The molecule has 3 atom stereocenters. The molecule has 256 valence electrons. The van der Waals surface area contributed by atoms with Gasteiger partial charge in [0.15, 0.2) is 18.2 Å². The van der Waals surface area contributed by atoms with Crippen LogP contribution in [0.15, 0.2) is 64.4 Å². The van der Waals surface area contributed by atoms with E-state index in [1.54, 1.807) is 18.2 Å². The zero-order valence-electron chi connectivity index (χ0n) is 27.8. The molecule has 2 aliphatic heterocycles. The Morgan fingerprint density at radius 1 is 1.04 bits per heavy atom. The number of unbranched alkanes of at least 4 members (excludes halogenated alkanes) is 2. The predicted octanol–water partition coefficient (Wildman–Crippen LogP) is 4.53. The molecule has 0 saturated carbocycles. The third kappa shape index (κ3) is 9.98. The fourth-order valence-corrected chi connectivity index (χ4v) is 6.31. The number of aliphatic imine (C=N–C) groups is 1. The van der Waals surface area contributed by atoms with Gasteiger partial charge in [-0.2, -0.15) is 0 Å². The molecule has 0 radical (unpaired) electrons. The number of carbonyl (C=O) groups excluding carboxylic acids is 1. The summed E-state index contributed by atoms with van der Waals surface area (Å²) in [5, 5.41) is 41.5. The maximum atomic E-state index is 13.3. The molecular formula is C37H52N4O6. The highest BCUT2D eigenvalue weighted by atomic mass is 16.5. The maximum Gasteiger partial charge on any atom is 0.163 e. The first-order valence-electron chi connectivity index (χ1n) is 16.9. The first kappa shape index (κ1) is 36.3. The van der Waals surface area contributed by atoms with Crippen molar-refractivity contribution in [3.8, 4) is 11.5 Å². The van der Waals surface area contributed by atoms with E-state index in [9.17, 15) is 25.2 Å². The zero-order chi connectivity index (χ0) is 33.9. The van der Waals surface area contributed by atoms with Crippen LogP contribution in [0.5, 0.6) is 11.5 Å². The quantitative estimate of drug-likeness (QED) is 0.0890. The summed E-state index contributed by atoms with van der Waals surface area (Å²) in [4.78, 5) is 19.8. The standard InChI is InChI=1S/C37H52N4O6/c1-3-5-6-8-30(35(46)18-29(43)7-4-2)33(44)13-9-24-10-14-34(45)36(15-24)47-23-41-20-31-28(19-40-32(31)21-41)17-27-16-25(37(38)39)11-12-26(27)22-42/h10-12,14-16,19,21,29-30,35,37,42-43,45-46H,3-9,13,17-18,20,22-23,38-39H2,1-2H3/t29-,30-,35-/m1/s1. The number of carbonyl (C=O) groups is 1. The lowest BCUT2D eigenvalue weighted by Gasteiger charge is -2.24. The van der Waals surface area contributed by atoms with E-state index < -0.39 is 24.3 Å². The van der Waals surface area contributed by atoms with Crippen LogP contribution in [0.25, 0.3) is 0 Å². The number of aliphatic hydroxyl groups is 3. The topological polar surface area (TPSA) is 175 Å². The van der Waals surface area contributed by atoms with Gasteiger partial charge < -0.3 is 41.5 Å². The number of benzene rings is 2. The predicted molar refractivity (Wildman–Crippen MR) is 184 cm³/mol. The minimum absolute atomic E-state index is 0.00332. The molecule has 2 aromatic carbocycles. The molecule has 0 spiro atoms. The summed E-state index contributed by atoms with van der Waals surface area (Å²) in [5.41, 5.74) is 18.2. The SMILES string of the molecule is CCCCC[C@H](C(=O)CCc1ccc(O)c(OCN2C=C3N=CC(Cc4cc(C(N)N)ccc4CO)=C3C2)c1)[C@H](O)C[C@H](O)CCC. The molecular weight excluding hydrogens is 596 g/mol. The molecule has 0 unspecified atom stereocenters. The van der Waals surface area contributed by atoms with E-state index in [0.29, 0.717) is 38.0 Å². The molecule has 0 saturated heterocycles. The summed E-state index contributed by atoms with van der Waals surface area (Å²) >= 11 is 0. The number of phenolic OH excluding ortho intramolecular Hbond substituents is 1. The average Bonchev–Trinajstić information content (AvgIpc) is 3.63. The molecule has 2 heterocycles. The molecule has 10 nitrogen and oxygen atoms in total. The number of ether oxygens (including phenoxy) is 1. The number of aromatic hydroxyl groups is 1. The van der Waals surface area contributed by atoms with Crippen molar-refractivity contribution in [1.29, 1.82) is 0 Å². The molecule has 0 aromatic heterocycles. The summed E-state index contributed by atoms with van der Waals surface area (Å²) < 4.78 is 6.03. The Balaban J connectivity index is 1.35. The van der Waals surface area contributed by atoms with Gasteiger partial charge in [0.25, 0.3) is 0 Å². The third-order valence-electron chi connectivity index (χ3n) is 9.09. The monoisotopic (exact) mass is 648 g/mol. The molecule has 8 N–H and O–H groups in total. The van der Waals surface area contributed by atoms with Gasteiger partial charge in [0, 0.05) is 36.9 Å². The molecule has 0 fully saturated rings. The number of ketones is 1. The molecule has 2 aliphatic rings. The fourth-order valence-electron chi connectivity index (χ4n) is 6.31. The van der Waals surface area contributed by atoms with Crippen molar-refractivity contribution in [3.05, 3.63) is 81.7 Å². The largest absolute Gasteiger partial charge is 0.504 e. The van der Waals surface area contributed by atoms with Crippen molar-refractivity contribution in [2.24, 2.45) is 22.4 Å². The van der Waals surface area contributed by atoms with Crippen LogP contribution >= 0.6 is 0 Å². The second-order valence-corrected chi connectivity index (χ2v) is 12.8. The number of Topliss-reactive ketones (excluding diaryl/α,β-unsaturated/α-hetero) is 1. The average molecular weight is 649 g/mol. The van der Waals surface area contributed by atoms with Gasteiger partial charge in [-0.05, 0) is 72.1 Å². The van der Waals surface area contributed by atoms with Gasteiger partial charge in [-0.3, -0.25) is 9.79 Å². The number of allylic oxidation sites excluding steroid dienone is 1. The number of nitrogens with zero attached hydrogens (tertiary/aromatic N) is 2. The Hall–Kier alpha value is -3.54. The summed E-state index contributed by atoms with van der Waals surface area (Å²) in [6.45, 7) is 4.78. The number of aryl methyl sites for hydroxylation is 1. The lowest BCUT2D eigenvalue weighted by Crippen LogP contribution is -2.32. The number of hydrogen-bond donors (Lipinski definition) is 6. The lowest BCUT2D eigenvalue weighted by atomic mass is 9.85. The van der Waals surface area contributed by atoms with E-state index in [1.165, 1.54) is 0 Å². The fraction of sp³-hybridized carbons (Fsp3) is 0.514. The highest BCUT2D eigenvalue weighted by molar-refractivity contribution is 5.87. The summed E-state index contributed by atoms with van der Waals surface area (Å²) in [6.07, 6.45) is 8.14. The van der Waals surface area contributed by atoms with Crippen LogP contribution in [0.2, 0.25) is 0 Å². The van der Waals surface area contributed by atoms with E-state index in [1.807, 2.05) is 42.4 Å². The van der Waals surface area contributed by atoms with Gasteiger partial charge in [-0.1, -0.05) is 63.8 Å². The van der Waals surface area contributed by atoms with E-state index in [2.05, 4.69) is 11.9 Å². The van der Waals surface area contributed by atoms with Crippen LogP contribution in [0.3, 0.4) is 0 Å². The van der Waals surface area contributed by atoms with E-state index in [4.69, 9.17) is 16.2 Å². The third-order valence-corrected chi connectivity index (χ3v) is 9.09. The van der Waals surface area contributed by atoms with Crippen LogP contribution in [-0.2, 0) is 24.2 Å². The first-order chi connectivity index (χ1) is 22.6. The second-order valence-electron chi connectivity index (χ2n) is 12.8. The van der Waals surface area contributed by atoms with E-state index in [-0.39, 0.29) is 37.7 Å². The van der Waals surface area contributed by atoms with Crippen molar-refractivity contribution < 1.29 is 30.0 Å². The molecule has 4 rings (SSSR count). The van der Waals surface area contributed by atoms with Crippen LogP contribution in [0.1, 0.15) is 93.6 Å². The highest BCUT2D eigenvalue weighted by Crippen LogP contribution is 2.33. The molecule has 0 aliphatic carbocycles. The van der Waals surface area contributed by atoms with Crippen LogP contribution in [0.4, 0.5) is 0 Å². The Labute approximate surface area is 278 Å². The maximum absolute atomic E-state index is 13.3. The van der Waals surface area contributed by atoms with Crippen molar-refractivity contribution >= 4 is 12.0 Å². The minimum atomic E-state index is -0.861. The summed E-state index contributed by atoms with van der Waals surface area (Å²) in [6, 6.07) is 10.7. The van der Waals surface area contributed by atoms with Crippen LogP contribution < -0.4 is 16.2 Å². The number of rotatable bonds is 20. The molecule has 0 bridgehead atoms.